The van der Waals surface area contributed by atoms with E-state index < -0.39 is 17.0 Å². The molecular weight excluding hydrogens is 264 g/mol. The van der Waals surface area contributed by atoms with E-state index in [1.54, 1.807) is 0 Å². The van der Waals surface area contributed by atoms with E-state index in [2.05, 4.69) is 22.0 Å². The first kappa shape index (κ1) is 10.6. The molecule has 1 fully saturated rings. The molecular formula is C11H8BrF2N. The van der Waals surface area contributed by atoms with Crippen molar-refractivity contribution >= 4 is 15.9 Å². The zero-order chi connectivity index (χ0) is 11.1. The number of rotatable bonds is 1. The largest absolute Gasteiger partial charge is 0.204 e. The normalized spacial score (nSPS) is 18.0. The highest BCUT2D eigenvalue weighted by atomic mass is 79.9. The predicted octanol–water partition coefficient (Wildman–Crippen LogP) is 3.67. The van der Waals surface area contributed by atoms with Crippen molar-refractivity contribution in [3.63, 3.8) is 0 Å². The van der Waals surface area contributed by atoms with Crippen LogP contribution in [0.25, 0.3) is 0 Å². The summed E-state index contributed by atoms with van der Waals surface area (Å²) in [5.41, 5.74) is -0.627. The third-order valence-electron chi connectivity index (χ3n) is 2.93. The highest BCUT2D eigenvalue weighted by Crippen LogP contribution is 2.45. The molecule has 1 aliphatic carbocycles. The van der Waals surface area contributed by atoms with Crippen molar-refractivity contribution < 1.29 is 8.78 Å². The fourth-order valence-corrected chi connectivity index (χ4v) is 2.31. The smallest absolute Gasteiger partial charge is 0.163 e. The van der Waals surface area contributed by atoms with Crippen LogP contribution in [0.4, 0.5) is 8.78 Å². The highest BCUT2D eigenvalue weighted by molar-refractivity contribution is 9.10. The first-order chi connectivity index (χ1) is 7.09. The van der Waals surface area contributed by atoms with Gasteiger partial charge in [0, 0.05) is 10.0 Å². The Balaban J connectivity index is 2.57. The molecule has 0 atom stereocenters. The number of halogens is 3. The summed E-state index contributed by atoms with van der Waals surface area (Å²) in [7, 11) is 0. The van der Waals surface area contributed by atoms with Gasteiger partial charge in [0.2, 0.25) is 0 Å². The van der Waals surface area contributed by atoms with Gasteiger partial charge in [-0.1, -0.05) is 15.9 Å². The Morgan fingerprint density at radius 2 is 2.00 bits per heavy atom. The maximum atomic E-state index is 13.5. The Bertz CT molecular complexity index is 447. The van der Waals surface area contributed by atoms with Gasteiger partial charge in [-0.05, 0) is 31.4 Å². The van der Waals surface area contributed by atoms with Gasteiger partial charge in [-0.25, -0.2) is 8.78 Å². The van der Waals surface area contributed by atoms with E-state index in [4.69, 9.17) is 5.26 Å². The van der Waals surface area contributed by atoms with E-state index in [0.29, 0.717) is 17.3 Å². The maximum absolute atomic E-state index is 13.5. The minimum Gasteiger partial charge on any atom is -0.204 e. The molecule has 1 aliphatic rings. The molecule has 0 radical (unpaired) electrons. The van der Waals surface area contributed by atoms with Crippen molar-refractivity contribution in [1.29, 1.82) is 5.26 Å². The summed E-state index contributed by atoms with van der Waals surface area (Å²) >= 11 is 3.11. The van der Waals surface area contributed by atoms with Crippen LogP contribution in [-0.4, -0.2) is 0 Å². The summed E-state index contributed by atoms with van der Waals surface area (Å²) in [5, 5.41) is 9.04. The number of hydrogen-bond acceptors (Lipinski definition) is 1. The van der Waals surface area contributed by atoms with Gasteiger partial charge in [-0.15, -0.1) is 0 Å². The maximum Gasteiger partial charge on any atom is 0.163 e. The van der Waals surface area contributed by atoms with Crippen LogP contribution < -0.4 is 0 Å². The lowest BCUT2D eigenvalue weighted by atomic mass is 9.65. The second-order valence-corrected chi connectivity index (χ2v) is 4.71. The van der Waals surface area contributed by atoms with Gasteiger partial charge in [-0.2, -0.15) is 5.26 Å². The van der Waals surface area contributed by atoms with Crippen LogP contribution in [0.1, 0.15) is 24.8 Å². The van der Waals surface area contributed by atoms with Gasteiger partial charge < -0.3 is 0 Å². The van der Waals surface area contributed by atoms with Crippen LogP contribution in [0.15, 0.2) is 16.6 Å². The molecule has 0 N–H and O–H groups in total. The van der Waals surface area contributed by atoms with Crippen LogP contribution in [0.3, 0.4) is 0 Å². The number of nitrogens with zero attached hydrogens (tertiary/aromatic N) is 1. The molecule has 1 aromatic rings. The standard InChI is InChI=1S/C11H8BrF2N/c12-7-4-8(10(14)9(13)5-7)11(6-15)2-1-3-11/h4-5H,1-3H2. The monoisotopic (exact) mass is 271 g/mol. The molecule has 0 aliphatic heterocycles. The summed E-state index contributed by atoms with van der Waals surface area (Å²) in [6.07, 6.45) is 2.10. The van der Waals surface area contributed by atoms with Crippen molar-refractivity contribution in [2.45, 2.75) is 24.7 Å². The fourth-order valence-electron chi connectivity index (χ4n) is 1.88. The summed E-state index contributed by atoms with van der Waals surface area (Å²) in [4.78, 5) is 0. The van der Waals surface area contributed by atoms with Crippen LogP contribution in [0, 0.1) is 23.0 Å². The lowest BCUT2D eigenvalue weighted by Gasteiger charge is -2.35. The molecule has 0 spiro atoms. The van der Waals surface area contributed by atoms with Crippen LogP contribution in [0.5, 0.6) is 0 Å². The van der Waals surface area contributed by atoms with Gasteiger partial charge in [0.25, 0.3) is 0 Å². The van der Waals surface area contributed by atoms with Crippen LogP contribution in [0.2, 0.25) is 0 Å². The van der Waals surface area contributed by atoms with E-state index in [1.807, 2.05) is 0 Å². The van der Waals surface area contributed by atoms with Gasteiger partial charge in [-0.3, -0.25) is 0 Å². The van der Waals surface area contributed by atoms with Crippen molar-refractivity contribution in [3.05, 3.63) is 33.8 Å². The molecule has 1 nitrogen and oxygen atoms in total. The molecule has 0 amide bonds. The van der Waals surface area contributed by atoms with Crippen molar-refractivity contribution in [3.8, 4) is 6.07 Å². The molecule has 1 aromatic carbocycles. The zero-order valence-corrected chi connectivity index (χ0v) is 9.44. The summed E-state index contributed by atoms with van der Waals surface area (Å²) in [6.45, 7) is 0. The average Bonchev–Trinajstić information content (AvgIpc) is 2.12. The van der Waals surface area contributed by atoms with Crippen molar-refractivity contribution in [2.24, 2.45) is 0 Å². The lowest BCUT2D eigenvalue weighted by molar-refractivity contribution is 0.308. The number of benzene rings is 1. The third-order valence-corrected chi connectivity index (χ3v) is 3.39. The first-order valence-corrected chi connectivity index (χ1v) is 5.45. The molecule has 1 saturated carbocycles. The van der Waals surface area contributed by atoms with Gasteiger partial charge in [0.1, 0.15) is 0 Å². The summed E-state index contributed by atoms with van der Waals surface area (Å²) < 4.78 is 27.2. The van der Waals surface area contributed by atoms with Crippen LogP contribution in [-0.2, 0) is 5.41 Å². The van der Waals surface area contributed by atoms with E-state index in [1.165, 1.54) is 6.07 Å². The Morgan fingerprint density at radius 1 is 1.33 bits per heavy atom. The third kappa shape index (κ3) is 1.55. The topological polar surface area (TPSA) is 23.8 Å². The number of hydrogen-bond donors (Lipinski definition) is 0. The Hall–Kier alpha value is -0.950. The minimum atomic E-state index is -0.902. The summed E-state index contributed by atoms with van der Waals surface area (Å²) in [5.74, 6) is -1.79. The Morgan fingerprint density at radius 3 is 2.47 bits per heavy atom. The highest BCUT2D eigenvalue weighted by Gasteiger charge is 2.41. The van der Waals surface area contributed by atoms with E-state index in [9.17, 15) is 8.78 Å². The Kier molecular flexibility index (Phi) is 2.51. The van der Waals surface area contributed by atoms with Crippen molar-refractivity contribution in [1.82, 2.24) is 0 Å². The molecule has 0 unspecified atom stereocenters. The minimum absolute atomic E-state index is 0.183. The van der Waals surface area contributed by atoms with Gasteiger partial charge in [0.15, 0.2) is 11.6 Å². The number of nitriles is 1. The van der Waals surface area contributed by atoms with Crippen LogP contribution >= 0.6 is 15.9 Å². The molecule has 2 rings (SSSR count). The van der Waals surface area contributed by atoms with Gasteiger partial charge in [0.05, 0.1) is 11.5 Å². The molecule has 15 heavy (non-hydrogen) atoms. The second-order valence-electron chi connectivity index (χ2n) is 3.80. The molecule has 0 bridgehead atoms. The van der Waals surface area contributed by atoms with Crippen molar-refractivity contribution in [2.75, 3.05) is 0 Å². The quantitative estimate of drug-likeness (QED) is 0.715. The molecule has 4 heteroatoms. The van der Waals surface area contributed by atoms with E-state index in [0.717, 1.165) is 12.5 Å². The van der Waals surface area contributed by atoms with Gasteiger partial charge >= 0.3 is 0 Å². The lowest BCUT2D eigenvalue weighted by Crippen LogP contribution is -2.33. The van der Waals surface area contributed by atoms with E-state index in [-0.39, 0.29) is 5.56 Å². The molecule has 0 saturated heterocycles. The zero-order valence-electron chi connectivity index (χ0n) is 7.86. The molecule has 0 aromatic heterocycles. The predicted molar refractivity (Wildman–Crippen MR) is 55.2 cm³/mol. The molecule has 78 valence electrons. The summed E-state index contributed by atoms with van der Waals surface area (Å²) in [6, 6.07) is 4.67. The van der Waals surface area contributed by atoms with E-state index >= 15 is 0 Å². The second kappa shape index (κ2) is 3.57. The molecule has 0 heterocycles. The average molecular weight is 272 g/mol. The fraction of sp³-hybridized carbons (Fsp3) is 0.364. The first-order valence-electron chi connectivity index (χ1n) is 4.65. The SMILES string of the molecule is N#CC1(c2cc(Br)cc(F)c2F)CCC1. The Labute approximate surface area is 94.8 Å².